The van der Waals surface area contributed by atoms with Crippen molar-refractivity contribution in [2.45, 2.75) is 38.4 Å². The fourth-order valence-corrected chi connectivity index (χ4v) is 6.60. The highest BCUT2D eigenvalue weighted by Crippen LogP contribution is 2.45. The number of likely N-dealkylation sites (tertiary alicyclic amines) is 1. The number of nitrogens with one attached hydrogen (secondary N) is 1. The van der Waals surface area contributed by atoms with Crippen LogP contribution in [0.3, 0.4) is 0 Å². The standard InChI is InChI=1S/C32H35F3N6O3/c1-39-17-21-4-3-5-25(27(21)29(39)42)44-28-23(32(33,34)35)15-36-30(38-28)37-24-9-8-22(14-26(24)43-2)41-18-31(19-41)10-12-40(13-11-31)16-20-6-7-20/h3-5,8-9,14-15,20H,6-7,10-13,16-19H2,1-2H3,(H,36,37,38). The highest BCUT2D eigenvalue weighted by atomic mass is 19.4. The fourth-order valence-electron chi connectivity index (χ4n) is 6.60. The number of ether oxygens (including phenoxy) is 2. The Hall–Kier alpha value is -4.06. The Bertz CT molecular complexity index is 1580. The Balaban J connectivity index is 1.07. The summed E-state index contributed by atoms with van der Waals surface area (Å²) in [4.78, 5) is 27.1. The molecule has 2 saturated heterocycles. The number of rotatable bonds is 8. The molecule has 3 aromatic rings. The molecule has 7 rings (SSSR count). The molecule has 1 aliphatic carbocycles. The highest BCUT2D eigenvalue weighted by molar-refractivity contribution is 6.00. The van der Waals surface area contributed by atoms with E-state index >= 15 is 0 Å². The normalized spacial score (nSPS) is 19.6. The third-order valence-corrected chi connectivity index (χ3v) is 9.33. The first-order valence-corrected chi connectivity index (χ1v) is 15.0. The van der Waals surface area contributed by atoms with Gasteiger partial charge in [-0.3, -0.25) is 4.79 Å². The molecule has 1 amide bonds. The lowest BCUT2D eigenvalue weighted by atomic mass is 9.71. The molecule has 1 aromatic heterocycles. The van der Waals surface area contributed by atoms with E-state index < -0.39 is 17.6 Å². The number of hydrogen-bond acceptors (Lipinski definition) is 8. The van der Waals surface area contributed by atoms with Crippen LogP contribution in [0.1, 0.15) is 47.2 Å². The number of hydrogen-bond donors (Lipinski definition) is 1. The molecule has 4 heterocycles. The van der Waals surface area contributed by atoms with Gasteiger partial charge in [-0.05, 0) is 68.5 Å². The maximum atomic E-state index is 13.9. The lowest BCUT2D eigenvalue weighted by molar-refractivity contribution is -0.139. The van der Waals surface area contributed by atoms with Crippen molar-refractivity contribution in [1.82, 2.24) is 19.8 Å². The van der Waals surface area contributed by atoms with Gasteiger partial charge in [0.2, 0.25) is 11.8 Å². The van der Waals surface area contributed by atoms with Crippen LogP contribution in [0.2, 0.25) is 0 Å². The minimum Gasteiger partial charge on any atom is -0.494 e. The SMILES string of the molecule is COc1cc(N2CC3(CCN(CC4CC4)CC3)C2)ccc1Nc1ncc(C(F)(F)F)c(Oc2cccc3c2C(=O)N(C)C3)n1. The van der Waals surface area contributed by atoms with Gasteiger partial charge in [-0.2, -0.15) is 18.2 Å². The van der Waals surface area contributed by atoms with Crippen LogP contribution in [0.25, 0.3) is 0 Å². The molecule has 2 aromatic carbocycles. The molecule has 3 fully saturated rings. The van der Waals surface area contributed by atoms with E-state index in [2.05, 4.69) is 25.1 Å². The van der Waals surface area contributed by atoms with Crippen LogP contribution in [-0.4, -0.2) is 72.6 Å². The van der Waals surface area contributed by atoms with Crippen molar-refractivity contribution in [3.63, 3.8) is 0 Å². The van der Waals surface area contributed by atoms with Gasteiger partial charge in [0.1, 0.15) is 17.1 Å². The second kappa shape index (κ2) is 10.8. The molecule has 3 aliphatic heterocycles. The molecule has 4 aliphatic rings. The first-order valence-electron chi connectivity index (χ1n) is 15.0. The predicted octanol–water partition coefficient (Wildman–Crippen LogP) is 5.94. The lowest BCUT2D eigenvalue weighted by Gasteiger charge is -2.55. The fraction of sp³-hybridized carbons (Fsp3) is 0.469. The Morgan fingerprint density at radius 3 is 2.57 bits per heavy atom. The highest BCUT2D eigenvalue weighted by Gasteiger charge is 2.45. The van der Waals surface area contributed by atoms with Gasteiger partial charge in [0.25, 0.3) is 5.91 Å². The van der Waals surface area contributed by atoms with Gasteiger partial charge in [0, 0.05) is 56.6 Å². The number of anilines is 3. The molecule has 1 saturated carbocycles. The summed E-state index contributed by atoms with van der Waals surface area (Å²) in [5.74, 6) is 0.323. The van der Waals surface area contributed by atoms with Gasteiger partial charge >= 0.3 is 6.18 Å². The van der Waals surface area contributed by atoms with Crippen molar-refractivity contribution in [2.24, 2.45) is 11.3 Å². The van der Waals surface area contributed by atoms with Crippen LogP contribution in [0.5, 0.6) is 17.4 Å². The summed E-state index contributed by atoms with van der Waals surface area (Å²) in [5.41, 5.74) is 1.66. The largest absolute Gasteiger partial charge is 0.494 e. The number of nitrogens with zero attached hydrogens (tertiary/aromatic N) is 5. The Labute approximate surface area is 254 Å². The summed E-state index contributed by atoms with van der Waals surface area (Å²) in [5, 5.41) is 2.99. The Morgan fingerprint density at radius 2 is 1.86 bits per heavy atom. The first-order chi connectivity index (χ1) is 21.1. The van der Waals surface area contributed by atoms with Gasteiger partial charge in [-0.25, -0.2) is 4.98 Å². The monoisotopic (exact) mass is 608 g/mol. The first kappa shape index (κ1) is 28.7. The molecule has 1 spiro atoms. The van der Waals surface area contributed by atoms with E-state index in [-0.39, 0.29) is 23.2 Å². The number of alkyl halides is 3. The van der Waals surface area contributed by atoms with Gasteiger partial charge < -0.3 is 29.5 Å². The molecular formula is C32H35F3N6O3. The number of aromatic nitrogens is 2. The van der Waals surface area contributed by atoms with Crippen LogP contribution >= 0.6 is 0 Å². The minimum atomic E-state index is -4.77. The molecule has 9 nitrogen and oxygen atoms in total. The zero-order valence-corrected chi connectivity index (χ0v) is 24.8. The van der Waals surface area contributed by atoms with Crippen LogP contribution in [0, 0.1) is 11.3 Å². The third-order valence-electron chi connectivity index (χ3n) is 9.33. The van der Waals surface area contributed by atoms with E-state index in [1.807, 2.05) is 18.2 Å². The van der Waals surface area contributed by atoms with Crippen molar-refractivity contribution in [1.29, 1.82) is 0 Å². The summed E-state index contributed by atoms with van der Waals surface area (Å²) in [7, 11) is 3.17. The van der Waals surface area contributed by atoms with Crippen molar-refractivity contribution in [2.75, 3.05) is 57.1 Å². The summed E-state index contributed by atoms with van der Waals surface area (Å²) >= 11 is 0. The maximum absolute atomic E-state index is 13.9. The topological polar surface area (TPSA) is 83.1 Å². The molecule has 44 heavy (non-hydrogen) atoms. The Morgan fingerprint density at radius 1 is 1.09 bits per heavy atom. The van der Waals surface area contributed by atoms with E-state index in [1.165, 1.54) is 56.3 Å². The number of carbonyl (C=O) groups is 1. The summed E-state index contributed by atoms with van der Waals surface area (Å²) in [6.07, 6.45) is 1.13. The quantitative estimate of drug-likeness (QED) is 0.337. The van der Waals surface area contributed by atoms with Gasteiger partial charge in [0.05, 0.1) is 18.4 Å². The molecule has 0 radical (unpaired) electrons. The zero-order chi connectivity index (χ0) is 30.6. The molecule has 0 unspecified atom stereocenters. The molecule has 0 atom stereocenters. The minimum absolute atomic E-state index is 0.00911. The van der Waals surface area contributed by atoms with E-state index in [0.29, 0.717) is 35.2 Å². The van der Waals surface area contributed by atoms with E-state index in [4.69, 9.17) is 9.47 Å². The number of benzene rings is 2. The van der Waals surface area contributed by atoms with Crippen molar-refractivity contribution in [3.8, 4) is 17.4 Å². The zero-order valence-electron chi connectivity index (χ0n) is 24.8. The van der Waals surface area contributed by atoms with Gasteiger partial charge in [0.15, 0.2) is 0 Å². The number of carbonyl (C=O) groups excluding carboxylic acids is 1. The summed E-state index contributed by atoms with van der Waals surface area (Å²) in [6.45, 7) is 5.97. The van der Waals surface area contributed by atoms with Crippen LogP contribution < -0.4 is 19.7 Å². The number of methoxy groups -OCH3 is 1. The predicted molar refractivity (Wildman–Crippen MR) is 159 cm³/mol. The maximum Gasteiger partial charge on any atom is 0.423 e. The van der Waals surface area contributed by atoms with E-state index in [9.17, 15) is 18.0 Å². The molecular weight excluding hydrogens is 573 g/mol. The second-order valence-corrected chi connectivity index (χ2v) is 12.6. The average molecular weight is 609 g/mol. The smallest absolute Gasteiger partial charge is 0.423 e. The second-order valence-electron chi connectivity index (χ2n) is 12.6. The van der Waals surface area contributed by atoms with Crippen LogP contribution in [0.4, 0.5) is 30.5 Å². The number of fused-ring (bicyclic) bond motifs is 1. The van der Waals surface area contributed by atoms with Crippen LogP contribution in [-0.2, 0) is 12.7 Å². The van der Waals surface area contributed by atoms with E-state index in [1.54, 1.807) is 26.3 Å². The van der Waals surface area contributed by atoms with E-state index in [0.717, 1.165) is 24.7 Å². The molecule has 232 valence electrons. The average Bonchev–Trinajstić information content (AvgIpc) is 3.75. The summed E-state index contributed by atoms with van der Waals surface area (Å²) < 4.78 is 53.1. The van der Waals surface area contributed by atoms with Gasteiger partial charge in [-0.15, -0.1) is 0 Å². The van der Waals surface area contributed by atoms with Crippen molar-refractivity contribution in [3.05, 3.63) is 59.3 Å². The van der Waals surface area contributed by atoms with Crippen molar-refractivity contribution < 1.29 is 27.4 Å². The van der Waals surface area contributed by atoms with Gasteiger partial charge in [-0.1, -0.05) is 12.1 Å². The Kier molecular flexibility index (Phi) is 7.06. The molecule has 0 bridgehead atoms. The number of piperidine rings is 1. The third kappa shape index (κ3) is 5.51. The van der Waals surface area contributed by atoms with Crippen LogP contribution in [0.15, 0.2) is 42.6 Å². The lowest BCUT2D eigenvalue weighted by Crippen LogP contribution is -2.60. The summed E-state index contributed by atoms with van der Waals surface area (Å²) in [6, 6.07) is 10.6. The number of amides is 1. The molecule has 1 N–H and O–H groups in total. The number of halogens is 3. The molecule has 12 heteroatoms. The van der Waals surface area contributed by atoms with Crippen molar-refractivity contribution >= 4 is 23.2 Å².